The van der Waals surface area contributed by atoms with Crippen LogP contribution in [0.2, 0.25) is 0 Å². The van der Waals surface area contributed by atoms with Crippen LogP contribution in [0.25, 0.3) is 33.1 Å². The molecule has 9 nitrogen and oxygen atoms in total. The Balaban J connectivity index is 1.30. The first-order valence-electron chi connectivity index (χ1n) is 12.9. The number of benzene rings is 2. The zero-order valence-electron chi connectivity index (χ0n) is 20.5. The standard InChI is InChI=1S/C27H31N7O2/c1-33-11-3-4-19(33)15-35-27-30-22-12-16(20-5-2-6-23-24(20)31-26(28)36-23)7-10-21(22)25(32-27)34-13-17-8-9-18(14-34)29-17/h2,5-7,10,12,17-19,29H,3-4,8-9,11,13-15H2,1H3,(H2,28,31)/t17?,18?,19-/m1/s1. The van der Waals surface area contributed by atoms with Gasteiger partial charge in [-0.3, -0.25) is 0 Å². The molecule has 5 heterocycles. The van der Waals surface area contributed by atoms with E-state index in [0.29, 0.717) is 36.3 Å². The highest BCUT2D eigenvalue weighted by atomic mass is 16.5. The Kier molecular flexibility index (Phi) is 5.21. The summed E-state index contributed by atoms with van der Waals surface area (Å²) < 4.78 is 11.8. The number of para-hydroxylation sites is 1. The lowest BCUT2D eigenvalue weighted by Crippen LogP contribution is -2.51. The predicted molar refractivity (Wildman–Crippen MR) is 140 cm³/mol. The van der Waals surface area contributed by atoms with Gasteiger partial charge in [-0.2, -0.15) is 15.0 Å². The smallest absolute Gasteiger partial charge is 0.319 e. The number of nitrogens with two attached hydrogens (primary N) is 1. The van der Waals surface area contributed by atoms with Crippen molar-refractivity contribution >= 4 is 33.8 Å². The quantitative estimate of drug-likeness (QED) is 0.440. The minimum absolute atomic E-state index is 0.170. The van der Waals surface area contributed by atoms with E-state index in [0.717, 1.165) is 59.4 Å². The third-order valence-electron chi connectivity index (χ3n) is 8.00. The molecule has 2 bridgehead atoms. The van der Waals surface area contributed by atoms with Crippen LogP contribution >= 0.6 is 0 Å². The molecule has 0 spiro atoms. The molecule has 3 saturated heterocycles. The molecule has 36 heavy (non-hydrogen) atoms. The predicted octanol–water partition coefficient (Wildman–Crippen LogP) is 3.43. The van der Waals surface area contributed by atoms with Crippen LogP contribution in [-0.4, -0.2) is 71.3 Å². The van der Waals surface area contributed by atoms with Gasteiger partial charge in [0.25, 0.3) is 6.01 Å². The minimum atomic E-state index is 0.170. The summed E-state index contributed by atoms with van der Waals surface area (Å²) in [6, 6.07) is 14.3. The van der Waals surface area contributed by atoms with Crippen molar-refractivity contribution in [3.05, 3.63) is 36.4 Å². The molecule has 3 aliphatic heterocycles. The molecule has 2 aromatic carbocycles. The second-order valence-electron chi connectivity index (χ2n) is 10.4. The molecule has 0 amide bonds. The highest BCUT2D eigenvalue weighted by Crippen LogP contribution is 2.35. The molecule has 186 valence electrons. The maximum Gasteiger partial charge on any atom is 0.319 e. The van der Waals surface area contributed by atoms with E-state index >= 15 is 0 Å². The van der Waals surface area contributed by atoms with Crippen molar-refractivity contribution in [3.63, 3.8) is 0 Å². The first-order chi connectivity index (χ1) is 17.6. The van der Waals surface area contributed by atoms with E-state index in [1.165, 1.54) is 19.3 Å². The summed E-state index contributed by atoms with van der Waals surface area (Å²) in [6.07, 6.45) is 4.79. The third kappa shape index (κ3) is 3.83. The SMILES string of the molecule is CN1CCC[C@@H]1COc1nc(N2CC3CCC(C2)N3)c2ccc(-c3cccc4oc(N)nc34)cc2n1. The Hall–Kier alpha value is -3.43. The van der Waals surface area contributed by atoms with E-state index < -0.39 is 0 Å². The van der Waals surface area contributed by atoms with Crippen LogP contribution in [0.5, 0.6) is 6.01 Å². The molecule has 3 N–H and O–H groups in total. The number of rotatable bonds is 5. The summed E-state index contributed by atoms with van der Waals surface area (Å²) in [5.74, 6) is 0.962. The van der Waals surface area contributed by atoms with Crippen molar-refractivity contribution in [2.24, 2.45) is 0 Å². The maximum absolute atomic E-state index is 6.24. The number of aromatic nitrogens is 3. The number of fused-ring (bicyclic) bond motifs is 4. The van der Waals surface area contributed by atoms with E-state index in [-0.39, 0.29) is 6.01 Å². The topological polar surface area (TPSA) is 106 Å². The number of nitrogens with one attached hydrogen (secondary N) is 1. The summed E-state index contributed by atoms with van der Waals surface area (Å²) in [5, 5.41) is 4.76. The number of nitrogens with zero attached hydrogens (tertiary/aromatic N) is 5. The summed E-state index contributed by atoms with van der Waals surface area (Å²) in [7, 11) is 2.16. The highest BCUT2D eigenvalue weighted by molar-refractivity contribution is 5.97. The number of hydrogen-bond donors (Lipinski definition) is 2. The van der Waals surface area contributed by atoms with E-state index in [9.17, 15) is 0 Å². The second kappa shape index (κ2) is 8.60. The first-order valence-corrected chi connectivity index (χ1v) is 12.9. The molecule has 7 rings (SSSR count). The zero-order chi connectivity index (χ0) is 24.2. The van der Waals surface area contributed by atoms with Gasteiger partial charge in [-0.1, -0.05) is 18.2 Å². The normalized spacial score (nSPS) is 24.2. The van der Waals surface area contributed by atoms with Gasteiger partial charge >= 0.3 is 6.01 Å². The van der Waals surface area contributed by atoms with Crippen LogP contribution in [0.1, 0.15) is 25.7 Å². The fraction of sp³-hybridized carbons (Fsp3) is 0.444. The van der Waals surface area contributed by atoms with Crippen LogP contribution in [0, 0.1) is 0 Å². The van der Waals surface area contributed by atoms with Crippen LogP contribution in [-0.2, 0) is 0 Å². The molecule has 4 aromatic rings. The lowest BCUT2D eigenvalue weighted by Gasteiger charge is -2.34. The van der Waals surface area contributed by atoms with Gasteiger partial charge in [0.15, 0.2) is 5.58 Å². The Bertz CT molecular complexity index is 1420. The largest absolute Gasteiger partial charge is 0.462 e. The van der Waals surface area contributed by atoms with Crippen molar-refractivity contribution < 1.29 is 9.15 Å². The van der Waals surface area contributed by atoms with Crippen LogP contribution in [0.15, 0.2) is 40.8 Å². The number of oxazole rings is 1. The van der Waals surface area contributed by atoms with Gasteiger partial charge in [-0.25, -0.2) is 0 Å². The lowest BCUT2D eigenvalue weighted by molar-refractivity contribution is 0.188. The Labute approximate surface area is 209 Å². The number of piperazine rings is 1. The molecule has 0 radical (unpaired) electrons. The Morgan fingerprint density at radius 2 is 1.94 bits per heavy atom. The second-order valence-corrected chi connectivity index (χ2v) is 10.4. The van der Waals surface area contributed by atoms with E-state index in [1.807, 2.05) is 18.2 Å². The van der Waals surface area contributed by atoms with Gasteiger partial charge in [0.05, 0.1) is 5.52 Å². The number of likely N-dealkylation sites (N-methyl/N-ethyl adjacent to an activating group) is 1. The van der Waals surface area contributed by atoms with Gasteiger partial charge in [0, 0.05) is 42.2 Å². The monoisotopic (exact) mass is 485 g/mol. The summed E-state index contributed by atoms with van der Waals surface area (Å²) in [5.41, 5.74) is 10.1. The molecular formula is C27H31N7O2. The summed E-state index contributed by atoms with van der Waals surface area (Å²) >= 11 is 0. The van der Waals surface area contributed by atoms with E-state index in [1.54, 1.807) is 0 Å². The van der Waals surface area contributed by atoms with Gasteiger partial charge in [-0.05, 0) is 63.0 Å². The number of anilines is 2. The molecular weight excluding hydrogens is 454 g/mol. The lowest BCUT2D eigenvalue weighted by atomic mass is 10.0. The van der Waals surface area contributed by atoms with Crippen molar-refractivity contribution in [2.75, 3.05) is 43.9 Å². The van der Waals surface area contributed by atoms with Crippen LogP contribution in [0.3, 0.4) is 0 Å². The molecule has 0 saturated carbocycles. The fourth-order valence-corrected chi connectivity index (χ4v) is 6.09. The fourth-order valence-electron chi connectivity index (χ4n) is 6.09. The molecule has 3 fully saturated rings. The van der Waals surface area contributed by atoms with Gasteiger partial charge in [0.2, 0.25) is 0 Å². The molecule has 2 unspecified atom stereocenters. The number of likely N-dealkylation sites (tertiary alicyclic amines) is 1. The molecule has 3 atom stereocenters. The van der Waals surface area contributed by atoms with Crippen molar-refractivity contribution in [1.29, 1.82) is 0 Å². The van der Waals surface area contributed by atoms with Gasteiger partial charge in [0.1, 0.15) is 17.9 Å². The Morgan fingerprint density at radius 1 is 1.08 bits per heavy atom. The number of nitrogen functional groups attached to an aromatic ring is 1. The highest BCUT2D eigenvalue weighted by Gasteiger charge is 2.34. The Morgan fingerprint density at radius 3 is 2.75 bits per heavy atom. The van der Waals surface area contributed by atoms with E-state index in [2.05, 4.69) is 45.3 Å². The van der Waals surface area contributed by atoms with Crippen LogP contribution in [0.4, 0.5) is 11.8 Å². The summed E-state index contributed by atoms with van der Waals surface area (Å²) in [4.78, 5) is 19.0. The van der Waals surface area contributed by atoms with Crippen molar-refractivity contribution in [3.8, 4) is 17.1 Å². The maximum atomic E-state index is 6.24. The van der Waals surface area contributed by atoms with Crippen molar-refractivity contribution in [2.45, 2.75) is 43.8 Å². The number of ether oxygens (including phenoxy) is 1. The summed E-state index contributed by atoms with van der Waals surface area (Å²) in [6.45, 7) is 3.62. The molecule has 3 aliphatic rings. The molecule has 2 aromatic heterocycles. The average molecular weight is 486 g/mol. The molecule has 0 aliphatic carbocycles. The number of hydrogen-bond acceptors (Lipinski definition) is 9. The third-order valence-corrected chi connectivity index (χ3v) is 8.00. The molecule has 9 heteroatoms. The first kappa shape index (κ1) is 21.8. The zero-order valence-corrected chi connectivity index (χ0v) is 20.5. The average Bonchev–Trinajstić information content (AvgIpc) is 3.58. The van der Waals surface area contributed by atoms with Crippen LogP contribution < -0.4 is 20.7 Å². The minimum Gasteiger partial charge on any atom is -0.462 e. The van der Waals surface area contributed by atoms with Gasteiger partial charge in [-0.15, -0.1) is 0 Å². The van der Waals surface area contributed by atoms with Gasteiger partial charge < -0.3 is 30.0 Å². The van der Waals surface area contributed by atoms with E-state index in [4.69, 9.17) is 24.9 Å². The van der Waals surface area contributed by atoms with Crippen molar-refractivity contribution in [1.82, 2.24) is 25.2 Å².